The van der Waals surface area contributed by atoms with E-state index in [1.54, 1.807) is 55.5 Å². The van der Waals surface area contributed by atoms with Crippen LogP contribution in [0.3, 0.4) is 0 Å². The first-order valence-electron chi connectivity index (χ1n) is 12.7. The third-order valence-corrected chi connectivity index (χ3v) is 6.95. The van der Waals surface area contributed by atoms with Gasteiger partial charge in [-0.25, -0.2) is 0 Å². The minimum absolute atomic E-state index is 0.0573. The van der Waals surface area contributed by atoms with E-state index >= 15 is 0 Å². The molecule has 4 rings (SSSR count). The molecule has 0 spiro atoms. The van der Waals surface area contributed by atoms with Crippen LogP contribution in [-0.2, 0) is 29.1 Å². The minimum atomic E-state index is -0.878. The normalized spacial score (nSPS) is 11.4. The van der Waals surface area contributed by atoms with Gasteiger partial charge in [0, 0.05) is 23.1 Å². The van der Waals surface area contributed by atoms with E-state index in [1.807, 2.05) is 60.7 Å². The molecule has 4 aromatic carbocycles. The lowest BCUT2D eigenvalue weighted by atomic mass is 10.0. The van der Waals surface area contributed by atoms with Gasteiger partial charge >= 0.3 is 0 Å². The van der Waals surface area contributed by atoms with Crippen molar-refractivity contribution < 1.29 is 19.1 Å². The van der Waals surface area contributed by atoms with Gasteiger partial charge < -0.3 is 19.7 Å². The van der Waals surface area contributed by atoms with E-state index in [0.717, 1.165) is 16.7 Å². The van der Waals surface area contributed by atoms with Crippen molar-refractivity contribution in [3.63, 3.8) is 0 Å². The summed E-state index contributed by atoms with van der Waals surface area (Å²) in [5, 5.41) is 4.22. The fraction of sp³-hybridized carbons (Fsp3) is 0.188. The zero-order valence-electron chi connectivity index (χ0n) is 22.3. The number of nitrogens with zero attached hydrogens (tertiary/aromatic N) is 1. The molecule has 0 aromatic heterocycles. The minimum Gasteiger partial charge on any atom is -0.493 e. The summed E-state index contributed by atoms with van der Waals surface area (Å²) in [5.74, 6) is 0.575. The summed E-state index contributed by atoms with van der Waals surface area (Å²) < 4.78 is 10.8. The van der Waals surface area contributed by atoms with Crippen LogP contribution in [0.1, 0.15) is 28.3 Å². The number of rotatable bonds is 11. The molecule has 6 nitrogen and oxygen atoms in total. The Morgan fingerprint density at radius 1 is 0.750 bits per heavy atom. The highest BCUT2D eigenvalue weighted by atomic mass is 35.5. The first kappa shape index (κ1) is 29.0. The van der Waals surface area contributed by atoms with Gasteiger partial charge in [-0.3, -0.25) is 9.59 Å². The third kappa shape index (κ3) is 7.56. The maximum absolute atomic E-state index is 14.0. The van der Waals surface area contributed by atoms with Crippen LogP contribution in [0.5, 0.6) is 11.5 Å². The molecule has 0 saturated heterocycles. The molecule has 206 valence electrons. The fourth-order valence-electron chi connectivity index (χ4n) is 4.37. The smallest absolute Gasteiger partial charge is 0.247 e. The Labute approximate surface area is 244 Å². The fourth-order valence-corrected chi connectivity index (χ4v) is 4.63. The second kappa shape index (κ2) is 13.9. The van der Waals surface area contributed by atoms with E-state index < -0.39 is 6.04 Å². The lowest BCUT2D eigenvalue weighted by Crippen LogP contribution is -2.43. The van der Waals surface area contributed by atoms with Crippen molar-refractivity contribution in [2.24, 2.45) is 0 Å². The van der Waals surface area contributed by atoms with E-state index in [0.29, 0.717) is 27.1 Å². The van der Waals surface area contributed by atoms with Crippen LogP contribution in [0.25, 0.3) is 0 Å². The molecule has 40 heavy (non-hydrogen) atoms. The average Bonchev–Trinajstić information content (AvgIpc) is 2.98. The quantitative estimate of drug-likeness (QED) is 0.217. The lowest BCUT2D eigenvalue weighted by molar-refractivity contribution is -0.141. The number of amides is 2. The Hall–Kier alpha value is -4.00. The molecule has 1 unspecified atom stereocenters. The Balaban J connectivity index is 1.68. The van der Waals surface area contributed by atoms with Crippen molar-refractivity contribution in [2.75, 3.05) is 14.2 Å². The topological polar surface area (TPSA) is 67.9 Å². The van der Waals surface area contributed by atoms with Crippen LogP contribution in [0.15, 0.2) is 97.1 Å². The molecule has 0 saturated carbocycles. The molecule has 8 heteroatoms. The first-order valence-corrected chi connectivity index (χ1v) is 13.5. The Kier molecular flexibility index (Phi) is 10.1. The van der Waals surface area contributed by atoms with Crippen molar-refractivity contribution in [3.05, 3.63) is 129 Å². The summed E-state index contributed by atoms with van der Waals surface area (Å²) in [6.07, 6.45) is 0.0573. The van der Waals surface area contributed by atoms with Crippen molar-refractivity contribution in [1.29, 1.82) is 0 Å². The number of methoxy groups -OCH3 is 2. The molecule has 0 aliphatic carbocycles. The van der Waals surface area contributed by atoms with Crippen LogP contribution in [0.4, 0.5) is 0 Å². The number of carbonyl (C=O) groups excluding carboxylic acids is 2. The van der Waals surface area contributed by atoms with E-state index in [2.05, 4.69) is 5.32 Å². The van der Waals surface area contributed by atoms with Crippen molar-refractivity contribution >= 4 is 35.0 Å². The summed E-state index contributed by atoms with van der Waals surface area (Å²) in [6, 6.07) is 28.3. The van der Waals surface area contributed by atoms with E-state index in [1.165, 1.54) is 0 Å². The third-order valence-electron chi connectivity index (χ3n) is 6.45. The van der Waals surface area contributed by atoms with Gasteiger partial charge in [0.15, 0.2) is 11.5 Å². The van der Waals surface area contributed by atoms with Gasteiger partial charge in [0.05, 0.1) is 20.6 Å². The molecule has 0 heterocycles. The van der Waals surface area contributed by atoms with Crippen molar-refractivity contribution in [2.45, 2.75) is 25.6 Å². The van der Waals surface area contributed by atoms with Gasteiger partial charge in [-0.15, -0.1) is 0 Å². The molecule has 1 N–H and O–H groups in total. The zero-order valence-corrected chi connectivity index (χ0v) is 23.8. The van der Waals surface area contributed by atoms with Crippen LogP contribution >= 0.6 is 23.2 Å². The number of nitrogens with one attached hydrogen (secondary N) is 1. The number of hydrogen-bond donors (Lipinski definition) is 1. The Bertz CT molecular complexity index is 1430. The maximum Gasteiger partial charge on any atom is 0.247 e. The summed E-state index contributed by atoms with van der Waals surface area (Å²) in [5.41, 5.74) is 3.17. The molecular formula is C32H30Cl2N2O4. The lowest BCUT2D eigenvalue weighted by Gasteiger charge is -2.32. The molecule has 1 atom stereocenters. The van der Waals surface area contributed by atoms with Crippen LogP contribution in [0, 0.1) is 0 Å². The molecule has 0 fully saturated rings. The molecule has 0 bridgehead atoms. The Morgan fingerprint density at radius 2 is 1.32 bits per heavy atom. The second-order valence-corrected chi connectivity index (χ2v) is 10.0. The monoisotopic (exact) mass is 576 g/mol. The molecule has 0 aliphatic heterocycles. The van der Waals surface area contributed by atoms with E-state index in [-0.39, 0.29) is 31.3 Å². The van der Waals surface area contributed by atoms with Crippen LogP contribution in [-0.4, -0.2) is 30.9 Å². The zero-order chi connectivity index (χ0) is 28.5. The number of halogens is 2. The SMILES string of the molecule is COc1ccc(CC(=O)N(Cc2ccc(Cl)cc2)C(C(=O)NCc2ccc(Cl)cc2)c2ccccc2)cc1OC. The standard InChI is InChI=1S/C32H30Cl2N2O4/c1-39-28-17-12-24(18-29(28)40-2)19-30(37)36(21-23-10-15-27(34)16-11-23)31(25-6-4-3-5-7-25)32(38)35-20-22-8-13-26(33)14-9-22/h3-18,31H,19-21H2,1-2H3,(H,35,38). The highest BCUT2D eigenvalue weighted by Crippen LogP contribution is 2.30. The summed E-state index contributed by atoms with van der Waals surface area (Å²) in [6.45, 7) is 0.495. The summed E-state index contributed by atoms with van der Waals surface area (Å²) >= 11 is 12.1. The summed E-state index contributed by atoms with van der Waals surface area (Å²) in [7, 11) is 3.11. The molecule has 0 aliphatic rings. The summed E-state index contributed by atoms with van der Waals surface area (Å²) in [4.78, 5) is 29.4. The molecule has 0 radical (unpaired) electrons. The Morgan fingerprint density at radius 3 is 1.93 bits per heavy atom. The van der Waals surface area contributed by atoms with E-state index in [4.69, 9.17) is 32.7 Å². The molecule has 2 amide bonds. The maximum atomic E-state index is 14.0. The van der Waals surface area contributed by atoms with Gasteiger partial charge in [0.2, 0.25) is 11.8 Å². The predicted octanol–water partition coefficient (Wildman–Crippen LogP) is 6.64. The van der Waals surface area contributed by atoms with Crippen molar-refractivity contribution in [1.82, 2.24) is 10.2 Å². The molecule has 4 aromatic rings. The number of benzene rings is 4. The second-order valence-electron chi connectivity index (χ2n) is 9.17. The largest absolute Gasteiger partial charge is 0.493 e. The highest BCUT2D eigenvalue weighted by Gasteiger charge is 2.31. The molecular weight excluding hydrogens is 547 g/mol. The van der Waals surface area contributed by atoms with Gasteiger partial charge in [0.25, 0.3) is 0 Å². The number of ether oxygens (including phenoxy) is 2. The van der Waals surface area contributed by atoms with Crippen LogP contribution < -0.4 is 14.8 Å². The van der Waals surface area contributed by atoms with Gasteiger partial charge in [-0.05, 0) is 58.7 Å². The number of carbonyl (C=O) groups is 2. The number of hydrogen-bond acceptors (Lipinski definition) is 4. The van der Waals surface area contributed by atoms with Gasteiger partial charge in [-0.1, -0.05) is 83.9 Å². The van der Waals surface area contributed by atoms with E-state index in [9.17, 15) is 9.59 Å². The van der Waals surface area contributed by atoms with Gasteiger partial charge in [0.1, 0.15) is 6.04 Å². The van der Waals surface area contributed by atoms with Crippen molar-refractivity contribution in [3.8, 4) is 11.5 Å². The average molecular weight is 578 g/mol. The predicted molar refractivity (Wildman–Crippen MR) is 158 cm³/mol. The van der Waals surface area contributed by atoms with Crippen LogP contribution in [0.2, 0.25) is 10.0 Å². The van der Waals surface area contributed by atoms with Gasteiger partial charge in [-0.2, -0.15) is 0 Å². The first-order chi connectivity index (χ1) is 19.4. The highest BCUT2D eigenvalue weighted by molar-refractivity contribution is 6.30.